The second-order valence-electron chi connectivity index (χ2n) is 1.85. The Bertz CT molecular complexity index is 150. The third kappa shape index (κ3) is 1.15. The SMILES string of the molecule is O=C1N(I)CCC1(F)F. The largest absolute Gasteiger partial charge is 0.327 e. The Kier molecular flexibility index (Phi) is 1.62. The summed E-state index contributed by atoms with van der Waals surface area (Å²) >= 11 is 1.59. The smallest absolute Gasteiger partial charge is 0.280 e. The molecule has 0 radical (unpaired) electrons. The normalized spacial score (nSPS) is 25.2. The minimum atomic E-state index is -3.10. The first-order valence-corrected chi connectivity index (χ1v) is 3.36. The van der Waals surface area contributed by atoms with Gasteiger partial charge in [-0.15, -0.1) is 0 Å². The summed E-state index contributed by atoms with van der Waals surface area (Å²) < 4.78 is 25.4. The van der Waals surface area contributed by atoms with E-state index >= 15 is 0 Å². The van der Waals surface area contributed by atoms with E-state index < -0.39 is 11.8 Å². The first-order chi connectivity index (χ1) is 4.04. The lowest BCUT2D eigenvalue weighted by atomic mass is 10.3. The molecule has 0 atom stereocenters. The standard InChI is InChI=1S/C4H4F2INO/c5-4(6)1-2-8(7)3(4)9/h1-2H2. The fraction of sp³-hybridized carbons (Fsp3) is 0.750. The zero-order chi connectivity index (χ0) is 7.07. The monoisotopic (exact) mass is 247 g/mol. The predicted molar refractivity (Wildman–Crippen MR) is 35.3 cm³/mol. The van der Waals surface area contributed by atoms with Crippen LogP contribution < -0.4 is 0 Å². The third-order valence-electron chi connectivity index (χ3n) is 1.16. The second-order valence-corrected chi connectivity index (χ2v) is 3.01. The van der Waals surface area contributed by atoms with Crippen LogP contribution in [0.4, 0.5) is 8.78 Å². The molecule has 1 fully saturated rings. The maximum atomic E-state index is 12.2. The van der Waals surface area contributed by atoms with Crippen molar-refractivity contribution < 1.29 is 13.6 Å². The van der Waals surface area contributed by atoms with Gasteiger partial charge in [-0.05, 0) is 0 Å². The number of nitrogens with zero attached hydrogens (tertiary/aromatic N) is 1. The summed E-state index contributed by atoms with van der Waals surface area (Å²) in [7, 11) is 0. The number of hydrogen-bond donors (Lipinski definition) is 0. The highest BCUT2D eigenvalue weighted by atomic mass is 127. The van der Waals surface area contributed by atoms with Gasteiger partial charge in [0.25, 0.3) is 0 Å². The summed E-state index contributed by atoms with van der Waals surface area (Å²) in [5.74, 6) is -4.16. The van der Waals surface area contributed by atoms with Gasteiger partial charge >= 0.3 is 11.8 Å². The van der Waals surface area contributed by atoms with Crippen molar-refractivity contribution in [2.24, 2.45) is 0 Å². The van der Waals surface area contributed by atoms with Crippen LogP contribution in [0.1, 0.15) is 6.42 Å². The van der Waals surface area contributed by atoms with E-state index in [1.807, 2.05) is 0 Å². The molecule has 52 valence electrons. The average Bonchev–Trinajstić information content (AvgIpc) is 1.97. The highest BCUT2D eigenvalue weighted by Crippen LogP contribution is 2.30. The van der Waals surface area contributed by atoms with E-state index in [1.54, 1.807) is 22.9 Å². The molecular formula is C4H4F2INO. The van der Waals surface area contributed by atoms with Crippen LogP contribution in [0.3, 0.4) is 0 Å². The quantitative estimate of drug-likeness (QED) is 0.465. The van der Waals surface area contributed by atoms with E-state index in [9.17, 15) is 13.6 Å². The number of alkyl halides is 2. The molecule has 0 aliphatic carbocycles. The van der Waals surface area contributed by atoms with Crippen LogP contribution >= 0.6 is 22.9 Å². The van der Waals surface area contributed by atoms with E-state index in [-0.39, 0.29) is 13.0 Å². The first-order valence-electron chi connectivity index (χ1n) is 2.39. The molecular weight excluding hydrogens is 243 g/mol. The Balaban J connectivity index is 2.74. The molecule has 1 aliphatic heterocycles. The summed E-state index contributed by atoms with van der Waals surface area (Å²) in [5, 5.41) is 0. The highest BCUT2D eigenvalue weighted by Gasteiger charge is 2.47. The first kappa shape index (κ1) is 7.17. The van der Waals surface area contributed by atoms with Crippen LogP contribution in [0.25, 0.3) is 0 Å². The molecule has 5 heteroatoms. The molecule has 9 heavy (non-hydrogen) atoms. The zero-order valence-electron chi connectivity index (χ0n) is 4.40. The molecule has 1 amide bonds. The fourth-order valence-electron chi connectivity index (χ4n) is 0.625. The Morgan fingerprint density at radius 1 is 1.67 bits per heavy atom. The number of amides is 1. The second kappa shape index (κ2) is 2.03. The van der Waals surface area contributed by atoms with Crippen molar-refractivity contribution in [3.05, 3.63) is 0 Å². The Labute approximate surface area is 64.7 Å². The number of carbonyl (C=O) groups excluding carboxylic acids is 1. The van der Waals surface area contributed by atoms with Crippen molar-refractivity contribution >= 4 is 28.8 Å². The van der Waals surface area contributed by atoms with Gasteiger partial charge in [-0.3, -0.25) is 7.91 Å². The average molecular weight is 247 g/mol. The van der Waals surface area contributed by atoms with E-state index in [2.05, 4.69) is 0 Å². The van der Waals surface area contributed by atoms with Crippen LogP contribution in [0.15, 0.2) is 0 Å². The van der Waals surface area contributed by atoms with Gasteiger partial charge in [0.15, 0.2) is 0 Å². The molecule has 1 rings (SSSR count). The minimum absolute atomic E-state index is 0.159. The van der Waals surface area contributed by atoms with Crippen LogP contribution in [-0.4, -0.2) is 21.5 Å². The molecule has 2 nitrogen and oxygen atoms in total. The summed E-state index contributed by atoms with van der Waals surface area (Å²) in [6.45, 7) is 0.159. The van der Waals surface area contributed by atoms with Crippen LogP contribution in [0.5, 0.6) is 0 Å². The summed E-state index contributed by atoms with van der Waals surface area (Å²) in [5.41, 5.74) is 0. The molecule has 0 bridgehead atoms. The van der Waals surface area contributed by atoms with Gasteiger partial charge in [-0.1, -0.05) is 0 Å². The van der Waals surface area contributed by atoms with Crippen molar-refractivity contribution in [2.45, 2.75) is 12.3 Å². The Morgan fingerprint density at radius 3 is 2.33 bits per heavy atom. The maximum Gasteiger partial charge on any atom is 0.327 e. The molecule has 0 saturated carbocycles. The maximum absolute atomic E-state index is 12.2. The van der Waals surface area contributed by atoms with Gasteiger partial charge in [0.05, 0.1) is 22.9 Å². The van der Waals surface area contributed by atoms with E-state index in [4.69, 9.17) is 0 Å². The van der Waals surface area contributed by atoms with Gasteiger partial charge in [-0.2, -0.15) is 8.78 Å². The lowest BCUT2D eigenvalue weighted by Gasteiger charge is -2.04. The minimum Gasteiger partial charge on any atom is -0.280 e. The van der Waals surface area contributed by atoms with Crippen molar-refractivity contribution in [3.8, 4) is 0 Å². The van der Waals surface area contributed by atoms with Crippen molar-refractivity contribution in [3.63, 3.8) is 0 Å². The molecule has 0 aromatic heterocycles. The Morgan fingerprint density at radius 2 is 2.22 bits per heavy atom. The van der Waals surface area contributed by atoms with E-state index in [0.29, 0.717) is 0 Å². The summed E-state index contributed by atoms with van der Waals surface area (Å²) in [4.78, 5) is 10.4. The number of halogens is 3. The zero-order valence-corrected chi connectivity index (χ0v) is 6.56. The van der Waals surface area contributed by atoms with Gasteiger partial charge < -0.3 is 0 Å². The topological polar surface area (TPSA) is 20.3 Å². The van der Waals surface area contributed by atoms with Crippen LogP contribution in [0.2, 0.25) is 0 Å². The number of carbonyl (C=O) groups is 1. The predicted octanol–water partition coefficient (Wildman–Crippen LogP) is 1.20. The third-order valence-corrected chi connectivity index (χ3v) is 2.08. The highest BCUT2D eigenvalue weighted by molar-refractivity contribution is 14.1. The number of rotatable bonds is 0. The van der Waals surface area contributed by atoms with Crippen molar-refractivity contribution in [1.29, 1.82) is 0 Å². The fourth-order valence-corrected chi connectivity index (χ4v) is 1.22. The Hall–Kier alpha value is 0.0600. The lowest BCUT2D eigenvalue weighted by molar-refractivity contribution is -0.143. The van der Waals surface area contributed by atoms with E-state index in [1.165, 1.54) is 0 Å². The van der Waals surface area contributed by atoms with Gasteiger partial charge in [-0.25, -0.2) is 0 Å². The molecule has 0 aromatic carbocycles. The van der Waals surface area contributed by atoms with Crippen LogP contribution in [0, 0.1) is 0 Å². The molecule has 1 saturated heterocycles. The molecule has 1 heterocycles. The van der Waals surface area contributed by atoms with Crippen molar-refractivity contribution in [2.75, 3.05) is 6.54 Å². The van der Waals surface area contributed by atoms with Gasteiger partial charge in [0.2, 0.25) is 0 Å². The lowest BCUT2D eigenvalue weighted by Crippen LogP contribution is -2.26. The van der Waals surface area contributed by atoms with Gasteiger partial charge in [0, 0.05) is 13.0 Å². The number of hydrogen-bond acceptors (Lipinski definition) is 1. The van der Waals surface area contributed by atoms with Gasteiger partial charge in [0.1, 0.15) is 0 Å². The molecule has 0 unspecified atom stereocenters. The van der Waals surface area contributed by atoms with Crippen LogP contribution in [-0.2, 0) is 4.79 Å². The summed E-state index contributed by atoms with van der Waals surface area (Å²) in [6, 6.07) is 0. The summed E-state index contributed by atoms with van der Waals surface area (Å²) in [6.07, 6.45) is -0.339. The van der Waals surface area contributed by atoms with Crippen molar-refractivity contribution in [1.82, 2.24) is 3.11 Å². The van der Waals surface area contributed by atoms with E-state index in [0.717, 1.165) is 3.11 Å². The molecule has 1 aliphatic rings. The molecule has 0 spiro atoms. The molecule has 0 aromatic rings. The molecule has 0 N–H and O–H groups in total.